The van der Waals surface area contributed by atoms with Crippen LogP contribution in [0.2, 0.25) is 0 Å². The molecule has 1 amide bonds. The number of hydrogen-bond donors (Lipinski definition) is 1. The van der Waals surface area contributed by atoms with Crippen molar-refractivity contribution in [3.05, 3.63) is 69.8 Å². The molecule has 0 spiro atoms. The van der Waals surface area contributed by atoms with Crippen molar-refractivity contribution >= 4 is 16.8 Å². The predicted octanol–water partition coefficient (Wildman–Crippen LogP) is 2.57. The van der Waals surface area contributed by atoms with E-state index in [1.807, 2.05) is 6.92 Å². The van der Waals surface area contributed by atoms with Crippen molar-refractivity contribution in [2.45, 2.75) is 20.0 Å². The second-order valence-electron chi connectivity index (χ2n) is 5.75. The van der Waals surface area contributed by atoms with Crippen molar-refractivity contribution in [3.8, 4) is 0 Å². The van der Waals surface area contributed by atoms with Gasteiger partial charge in [0.25, 0.3) is 11.5 Å². The van der Waals surface area contributed by atoms with E-state index in [-0.39, 0.29) is 12.1 Å². The topological polar surface area (TPSA) is 56.0 Å². The van der Waals surface area contributed by atoms with Gasteiger partial charge >= 0.3 is 0 Å². The molecule has 2 aromatic heterocycles. The van der Waals surface area contributed by atoms with E-state index in [2.05, 4.69) is 5.32 Å². The Balaban J connectivity index is 1.88. The Morgan fingerprint density at radius 1 is 1.16 bits per heavy atom. The van der Waals surface area contributed by atoms with E-state index in [0.717, 1.165) is 18.2 Å². The largest absolute Gasteiger partial charge is 0.347 e. The smallest absolute Gasteiger partial charge is 0.268 e. The normalized spacial score (nSPS) is 11.0. The first-order valence-electron chi connectivity index (χ1n) is 7.82. The Morgan fingerprint density at radius 2 is 1.84 bits per heavy atom. The van der Waals surface area contributed by atoms with Gasteiger partial charge in [-0.3, -0.25) is 9.59 Å². The number of halogens is 2. The van der Waals surface area contributed by atoms with Crippen LogP contribution in [-0.2, 0) is 20.1 Å². The molecule has 7 heteroatoms. The number of carbonyl (C=O) groups is 1. The SMILES string of the molecule is CCn1ccc2c(cc(C(=O)NCc3cc(F)cc(F)c3)n2C)c1=O. The van der Waals surface area contributed by atoms with E-state index in [4.69, 9.17) is 0 Å². The maximum absolute atomic E-state index is 13.2. The molecular weight excluding hydrogens is 328 g/mol. The lowest BCUT2D eigenvalue weighted by Crippen LogP contribution is -2.24. The summed E-state index contributed by atoms with van der Waals surface area (Å²) in [6.45, 7) is 2.38. The van der Waals surface area contributed by atoms with Gasteiger partial charge in [-0.1, -0.05) is 0 Å². The standard InChI is InChI=1S/C18H17F2N3O2/c1-3-23-5-4-15-14(18(23)25)9-16(22(15)2)17(24)21-10-11-6-12(19)8-13(20)7-11/h4-9H,3,10H2,1-2H3,(H,21,24). The number of rotatable bonds is 4. The Kier molecular flexibility index (Phi) is 4.39. The molecule has 0 atom stereocenters. The van der Waals surface area contributed by atoms with Crippen LogP contribution in [0.4, 0.5) is 8.78 Å². The summed E-state index contributed by atoms with van der Waals surface area (Å²) >= 11 is 0. The van der Waals surface area contributed by atoms with Crippen LogP contribution >= 0.6 is 0 Å². The molecule has 130 valence electrons. The van der Waals surface area contributed by atoms with Crippen LogP contribution in [0, 0.1) is 11.6 Å². The van der Waals surface area contributed by atoms with Crippen LogP contribution in [0.1, 0.15) is 23.0 Å². The quantitative estimate of drug-likeness (QED) is 0.790. The average Bonchev–Trinajstić information content (AvgIpc) is 2.90. The fraction of sp³-hybridized carbons (Fsp3) is 0.222. The number of aryl methyl sites for hydroxylation is 2. The van der Waals surface area contributed by atoms with Gasteiger partial charge in [0, 0.05) is 32.4 Å². The van der Waals surface area contributed by atoms with Crippen LogP contribution in [0.3, 0.4) is 0 Å². The average molecular weight is 345 g/mol. The molecule has 0 aliphatic carbocycles. The molecule has 3 aromatic rings. The summed E-state index contributed by atoms with van der Waals surface area (Å²) in [4.78, 5) is 24.8. The van der Waals surface area contributed by atoms with Crippen LogP contribution < -0.4 is 10.9 Å². The molecule has 2 heterocycles. The van der Waals surface area contributed by atoms with Gasteiger partial charge in [0.05, 0.1) is 10.9 Å². The van der Waals surface area contributed by atoms with Gasteiger partial charge in [-0.05, 0) is 36.8 Å². The van der Waals surface area contributed by atoms with E-state index in [9.17, 15) is 18.4 Å². The van der Waals surface area contributed by atoms with E-state index >= 15 is 0 Å². The number of carbonyl (C=O) groups excluding carboxylic acids is 1. The number of aromatic nitrogens is 2. The van der Waals surface area contributed by atoms with Crippen molar-refractivity contribution in [3.63, 3.8) is 0 Å². The highest BCUT2D eigenvalue weighted by Gasteiger charge is 2.16. The lowest BCUT2D eigenvalue weighted by molar-refractivity contribution is 0.0943. The Bertz CT molecular complexity index is 1000. The molecule has 0 saturated heterocycles. The number of amides is 1. The molecule has 5 nitrogen and oxygen atoms in total. The van der Waals surface area contributed by atoms with Crippen molar-refractivity contribution in [1.82, 2.24) is 14.5 Å². The Morgan fingerprint density at radius 3 is 2.48 bits per heavy atom. The zero-order valence-electron chi connectivity index (χ0n) is 13.8. The van der Waals surface area contributed by atoms with Crippen molar-refractivity contribution in [1.29, 1.82) is 0 Å². The van der Waals surface area contributed by atoms with Gasteiger partial charge < -0.3 is 14.5 Å². The number of pyridine rings is 1. The number of fused-ring (bicyclic) bond motifs is 1. The summed E-state index contributed by atoms with van der Waals surface area (Å²) in [5, 5.41) is 3.07. The minimum atomic E-state index is -0.700. The zero-order chi connectivity index (χ0) is 18.1. The maximum atomic E-state index is 13.2. The monoisotopic (exact) mass is 345 g/mol. The molecule has 0 fully saturated rings. The van der Waals surface area contributed by atoms with E-state index in [1.54, 1.807) is 28.4 Å². The maximum Gasteiger partial charge on any atom is 0.268 e. The molecule has 0 radical (unpaired) electrons. The number of benzene rings is 1. The van der Waals surface area contributed by atoms with E-state index in [0.29, 0.717) is 28.7 Å². The first-order chi connectivity index (χ1) is 11.9. The highest BCUT2D eigenvalue weighted by Crippen LogP contribution is 2.15. The summed E-state index contributed by atoms with van der Waals surface area (Å²) in [5.74, 6) is -1.83. The summed E-state index contributed by atoms with van der Waals surface area (Å²) in [5.41, 5.74) is 1.11. The molecule has 0 saturated carbocycles. The number of nitrogens with zero attached hydrogens (tertiary/aromatic N) is 2. The first-order valence-corrected chi connectivity index (χ1v) is 7.82. The van der Waals surface area contributed by atoms with Crippen LogP contribution in [0.5, 0.6) is 0 Å². The molecule has 0 aliphatic rings. The molecular formula is C18H17F2N3O2. The fourth-order valence-electron chi connectivity index (χ4n) is 2.83. The van der Waals surface area contributed by atoms with Gasteiger partial charge in [-0.2, -0.15) is 0 Å². The zero-order valence-corrected chi connectivity index (χ0v) is 13.8. The van der Waals surface area contributed by atoms with Gasteiger partial charge in [-0.25, -0.2) is 8.78 Å². The molecule has 1 N–H and O–H groups in total. The molecule has 3 rings (SSSR count). The predicted molar refractivity (Wildman–Crippen MR) is 90.4 cm³/mol. The van der Waals surface area contributed by atoms with E-state index in [1.165, 1.54) is 6.07 Å². The summed E-state index contributed by atoms with van der Waals surface area (Å²) in [6, 6.07) is 6.40. The summed E-state index contributed by atoms with van der Waals surface area (Å²) < 4.78 is 29.6. The van der Waals surface area contributed by atoms with Crippen molar-refractivity contribution in [2.75, 3.05) is 0 Å². The second kappa shape index (κ2) is 6.51. The number of nitrogens with one attached hydrogen (secondary N) is 1. The number of hydrogen-bond acceptors (Lipinski definition) is 2. The summed E-state index contributed by atoms with van der Waals surface area (Å²) in [6.07, 6.45) is 1.68. The highest BCUT2D eigenvalue weighted by molar-refractivity contribution is 5.98. The molecule has 0 unspecified atom stereocenters. The van der Waals surface area contributed by atoms with Crippen molar-refractivity contribution in [2.24, 2.45) is 7.05 Å². The third-order valence-electron chi connectivity index (χ3n) is 4.13. The molecule has 0 aliphatic heterocycles. The minimum Gasteiger partial charge on any atom is -0.347 e. The summed E-state index contributed by atoms with van der Waals surface area (Å²) in [7, 11) is 1.69. The third-order valence-corrected chi connectivity index (χ3v) is 4.13. The molecule has 25 heavy (non-hydrogen) atoms. The highest BCUT2D eigenvalue weighted by atomic mass is 19.1. The second-order valence-corrected chi connectivity index (χ2v) is 5.75. The van der Waals surface area contributed by atoms with E-state index < -0.39 is 17.5 Å². The first kappa shape index (κ1) is 16.9. The van der Waals surface area contributed by atoms with Gasteiger partial charge in [0.15, 0.2) is 0 Å². The van der Waals surface area contributed by atoms with Gasteiger partial charge in [0.2, 0.25) is 0 Å². The van der Waals surface area contributed by atoms with Crippen LogP contribution in [0.25, 0.3) is 10.9 Å². The minimum absolute atomic E-state index is 0.0196. The van der Waals surface area contributed by atoms with Gasteiger partial charge in [0.1, 0.15) is 17.3 Å². The lowest BCUT2D eigenvalue weighted by Gasteiger charge is -2.07. The lowest BCUT2D eigenvalue weighted by atomic mass is 10.2. The van der Waals surface area contributed by atoms with Crippen LogP contribution in [0.15, 0.2) is 41.3 Å². The fourth-order valence-corrected chi connectivity index (χ4v) is 2.83. The molecule has 1 aromatic carbocycles. The Hall–Kier alpha value is -2.96. The van der Waals surface area contributed by atoms with Crippen LogP contribution in [-0.4, -0.2) is 15.0 Å². The van der Waals surface area contributed by atoms with Gasteiger partial charge in [-0.15, -0.1) is 0 Å². The third kappa shape index (κ3) is 3.17. The Labute approximate surface area is 142 Å². The van der Waals surface area contributed by atoms with Crippen molar-refractivity contribution < 1.29 is 13.6 Å². The molecule has 0 bridgehead atoms.